The molecule has 9 heteroatoms. The molecule has 0 amide bonds. The third kappa shape index (κ3) is 8.39. The van der Waals surface area contributed by atoms with Gasteiger partial charge in [0.1, 0.15) is 17.1 Å². The molecule has 4 nitrogen and oxygen atoms in total. The third-order valence-electron chi connectivity index (χ3n) is 10.3. The Balaban J connectivity index is 1.54. The van der Waals surface area contributed by atoms with Gasteiger partial charge in [-0.2, -0.15) is 13.2 Å². The van der Waals surface area contributed by atoms with E-state index in [0.29, 0.717) is 12.8 Å². The fourth-order valence-corrected chi connectivity index (χ4v) is 8.78. The van der Waals surface area contributed by atoms with Gasteiger partial charge in [0.05, 0.1) is 15.7 Å². The van der Waals surface area contributed by atoms with E-state index >= 15 is 0 Å². The Hall–Kier alpha value is -3.04. The van der Waals surface area contributed by atoms with E-state index < -0.39 is 40.7 Å². The smallest absolute Gasteiger partial charge is 0.416 e. The Bertz CT molecular complexity index is 1770. The van der Waals surface area contributed by atoms with Crippen LogP contribution in [-0.4, -0.2) is 22.3 Å². The van der Waals surface area contributed by atoms with Crippen molar-refractivity contribution in [2.75, 3.05) is 0 Å². The monoisotopic (exact) mass is 700 g/mol. The first-order valence-electron chi connectivity index (χ1n) is 16.7. The van der Waals surface area contributed by atoms with Crippen molar-refractivity contribution in [1.82, 2.24) is 0 Å². The summed E-state index contributed by atoms with van der Waals surface area (Å²) in [6.07, 6.45) is 0.533. The average Bonchev–Trinajstić information content (AvgIpc) is 2.98. The van der Waals surface area contributed by atoms with E-state index in [-0.39, 0.29) is 21.9 Å². The second kappa shape index (κ2) is 13.7. The first kappa shape index (κ1) is 37.8. The topological polar surface area (TPSA) is 52.6 Å². The summed E-state index contributed by atoms with van der Waals surface area (Å²) in [6, 6.07) is 13.3. The highest BCUT2D eigenvalue weighted by atomic mass is 32.2. The maximum Gasteiger partial charge on any atom is 0.416 e. The lowest BCUT2D eigenvalue weighted by Crippen LogP contribution is -2.44. The molecule has 0 bridgehead atoms. The maximum atomic E-state index is 13.9. The van der Waals surface area contributed by atoms with Crippen LogP contribution >= 0.6 is 0 Å². The fourth-order valence-electron chi connectivity index (χ4n) is 5.88. The number of aryl methyl sites for hydroxylation is 2. The first-order chi connectivity index (χ1) is 22.0. The number of alkyl halides is 3. The van der Waals surface area contributed by atoms with Gasteiger partial charge < -0.3 is 9.16 Å². The van der Waals surface area contributed by atoms with Crippen molar-refractivity contribution in [3.05, 3.63) is 99.6 Å². The molecule has 1 aliphatic heterocycles. The molecule has 0 aliphatic carbocycles. The molecule has 3 aromatic carbocycles. The molecule has 0 fully saturated rings. The summed E-state index contributed by atoms with van der Waals surface area (Å²) < 4.78 is 82.1. The highest BCUT2D eigenvalue weighted by molar-refractivity contribution is 7.91. The van der Waals surface area contributed by atoms with Gasteiger partial charge in [0.15, 0.2) is 9.84 Å². The molecule has 1 aliphatic rings. The second-order valence-electron chi connectivity index (χ2n) is 15.3. The number of ether oxygens (including phenoxy) is 1. The minimum Gasteiger partial charge on any atom is -0.543 e. The minimum atomic E-state index is -4.58. The van der Waals surface area contributed by atoms with Crippen molar-refractivity contribution in [3.8, 4) is 11.5 Å². The van der Waals surface area contributed by atoms with Gasteiger partial charge in [-0.25, -0.2) is 8.42 Å². The van der Waals surface area contributed by atoms with Crippen LogP contribution in [0.25, 0.3) is 0 Å². The first-order valence-corrected chi connectivity index (χ1v) is 21.1. The summed E-state index contributed by atoms with van der Waals surface area (Å²) in [7, 11) is -6.01. The summed E-state index contributed by atoms with van der Waals surface area (Å²) >= 11 is 0. The van der Waals surface area contributed by atoms with E-state index in [9.17, 15) is 21.6 Å². The molecule has 1 heterocycles. The number of sulfone groups is 1. The largest absolute Gasteiger partial charge is 0.543 e. The van der Waals surface area contributed by atoms with E-state index in [0.717, 1.165) is 64.3 Å². The molecule has 4 rings (SSSR count). The number of benzene rings is 3. The lowest BCUT2D eigenvalue weighted by molar-refractivity contribution is -0.137. The van der Waals surface area contributed by atoms with Crippen LogP contribution in [0.15, 0.2) is 71.1 Å². The lowest BCUT2D eigenvalue weighted by atomic mass is 9.86. The zero-order valence-electron chi connectivity index (χ0n) is 30.1. The Kier molecular flexibility index (Phi) is 10.8. The average molecular weight is 701 g/mol. The van der Waals surface area contributed by atoms with E-state index in [2.05, 4.69) is 60.7 Å². The van der Waals surface area contributed by atoms with Crippen molar-refractivity contribution >= 4 is 18.2 Å². The van der Waals surface area contributed by atoms with E-state index in [1.54, 1.807) is 12.1 Å². The number of halogens is 3. The molecule has 0 N–H and O–H groups in total. The van der Waals surface area contributed by atoms with Gasteiger partial charge in [-0.05, 0) is 131 Å². The Morgan fingerprint density at radius 3 is 2.27 bits per heavy atom. The standard InChI is InChI=1S/C39H51F3O4SSi/c1-26-16-18-33(19-17-26)47(43,44)35(30-14-11-15-32(24-30)39(40,41)42)23-27(2)13-12-21-38(8)22-20-31-25-34(28(3)29(4)36(31)45-38)46-48(9,10)37(5,6)7/h11,13-19,24-25,35H,12,20-23H2,1-10H3. The van der Waals surface area contributed by atoms with Crippen molar-refractivity contribution < 1.29 is 30.8 Å². The highest BCUT2D eigenvalue weighted by Gasteiger charge is 2.40. The van der Waals surface area contributed by atoms with Crippen LogP contribution in [0.4, 0.5) is 13.2 Å². The Labute approximate surface area is 286 Å². The Morgan fingerprint density at radius 1 is 1.02 bits per heavy atom. The van der Waals surface area contributed by atoms with Crippen molar-refractivity contribution in [3.63, 3.8) is 0 Å². The molecule has 0 spiro atoms. The number of fused-ring (bicyclic) bond motifs is 1. The van der Waals surface area contributed by atoms with Gasteiger partial charge in [0.25, 0.3) is 0 Å². The molecule has 48 heavy (non-hydrogen) atoms. The predicted molar refractivity (Wildman–Crippen MR) is 191 cm³/mol. The molecule has 0 saturated carbocycles. The fraction of sp³-hybridized carbons (Fsp3) is 0.487. The zero-order valence-corrected chi connectivity index (χ0v) is 31.9. The maximum absolute atomic E-state index is 13.9. The third-order valence-corrected chi connectivity index (χ3v) is 16.8. The van der Waals surface area contributed by atoms with Crippen molar-refractivity contribution in [2.45, 2.75) is 128 Å². The van der Waals surface area contributed by atoms with Crippen LogP contribution in [0, 0.1) is 20.8 Å². The van der Waals surface area contributed by atoms with Gasteiger partial charge >= 0.3 is 6.18 Å². The van der Waals surface area contributed by atoms with E-state index in [4.69, 9.17) is 9.16 Å². The molecule has 3 aromatic rings. The van der Waals surface area contributed by atoms with Crippen molar-refractivity contribution in [1.29, 1.82) is 0 Å². The Morgan fingerprint density at radius 2 is 1.67 bits per heavy atom. The molecule has 0 aromatic heterocycles. The predicted octanol–water partition coefficient (Wildman–Crippen LogP) is 11.4. The number of rotatable bonds is 10. The van der Waals surface area contributed by atoms with Crippen LogP contribution in [-0.2, 0) is 22.4 Å². The number of hydrogen-bond acceptors (Lipinski definition) is 4. The normalized spacial score (nSPS) is 18.2. The summed E-state index contributed by atoms with van der Waals surface area (Å²) in [5, 5.41) is -1.08. The second-order valence-corrected chi connectivity index (χ2v) is 22.1. The minimum absolute atomic E-state index is 0.0766. The van der Waals surface area contributed by atoms with E-state index in [1.807, 2.05) is 19.9 Å². The van der Waals surface area contributed by atoms with Gasteiger partial charge in [0.2, 0.25) is 8.32 Å². The van der Waals surface area contributed by atoms with Crippen molar-refractivity contribution in [2.24, 2.45) is 0 Å². The molecule has 0 radical (unpaired) electrons. The van der Waals surface area contributed by atoms with E-state index in [1.165, 1.54) is 24.3 Å². The summed E-state index contributed by atoms with van der Waals surface area (Å²) in [5.74, 6) is 1.86. The van der Waals surface area contributed by atoms with Crippen LogP contribution in [0.5, 0.6) is 11.5 Å². The molecular formula is C39H51F3O4SSi. The van der Waals surface area contributed by atoms with Gasteiger partial charge in [-0.3, -0.25) is 0 Å². The molecule has 262 valence electrons. The van der Waals surface area contributed by atoms with Gasteiger partial charge in [0, 0.05) is 0 Å². The summed E-state index contributed by atoms with van der Waals surface area (Å²) in [6.45, 7) is 21.2. The van der Waals surface area contributed by atoms with Gasteiger partial charge in [-0.1, -0.05) is 68.3 Å². The van der Waals surface area contributed by atoms with Crippen LogP contribution in [0.1, 0.15) is 98.9 Å². The summed E-state index contributed by atoms with van der Waals surface area (Å²) in [5.41, 5.74) is 3.87. The number of allylic oxidation sites excluding steroid dienone is 2. The zero-order chi connectivity index (χ0) is 35.9. The molecule has 2 unspecified atom stereocenters. The van der Waals surface area contributed by atoms with Crippen LogP contribution in [0.3, 0.4) is 0 Å². The van der Waals surface area contributed by atoms with Gasteiger partial charge in [-0.15, -0.1) is 0 Å². The quantitative estimate of drug-likeness (QED) is 0.156. The number of hydrogen-bond donors (Lipinski definition) is 0. The molecule has 0 saturated heterocycles. The molecular weight excluding hydrogens is 650 g/mol. The summed E-state index contributed by atoms with van der Waals surface area (Å²) in [4.78, 5) is 0.0913. The van der Waals surface area contributed by atoms with Crippen LogP contribution in [0.2, 0.25) is 18.1 Å². The highest BCUT2D eigenvalue weighted by Crippen LogP contribution is 2.45. The SMILES string of the molecule is CC(=CCCC1(C)CCc2cc(O[Si](C)(C)C(C)(C)C)c(C)c(C)c2O1)CC(c1cccc(C(F)(F)F)c1)S(=O)(=O)c1ccc(C)cc1. The molecule has 2 atom stereocenters. The lowest BCUT2D eigenvalue weighted by Gasteiger charge is -2.39. The van der Waals surface area contributed by atoms with Crippen LogP contribution < -0.4 is 9.16 Å².